The molecule has 3 aromatic rings. The standard InChI is InChI=1S/C21H30ClN8O9P/c22-14-5-16(24-11-3-1-2-4-11)30-20(25-14)12(6-23-30)19-18(33)17(32)13(39-19)7-38-21(9-31,40(34,35)36)10-37-8-15-26-28-29-27-15/h5-6,11,13,17-19,24,31-33H,1-4,7-10H2,(H2,34,35,36)(H,26,27,28,29)/t13-,17-,18-,19-,21?/m1/s1. The molecule has 2 aliphatic rings. The number of anilines is 1. The molecule has 2 fully saturated rings. The van der Waals surface area contributed by atoms with E-state index >= 15 is 0 Å². The van der Waals surface area contributed by atoms with Crippen LogP contribution in [0.25, 0.3) is 5.65 Å². The lowest BCUT2D eigenvalue weighted by atomic mass is 10.0. The summed E-state index contributed by atoms with van der Waals surface area (Å²) in [5.41, 5.74) is 0.651. The van der Waals surface area contributed by atoms with Gasteiger partial charge in [-0.2, -0.15) is 14.8 Å². The highest BCUT2D eigenvalue weighted by molar-refractivity contribution is 7.53. The maximum Gasteiger partial charge on any atom is 0.361 e. The number of aliphatic hydroxyl groups is 3. The number of aromatic amines is 1. The number of halogens is 1. The summed E-state index contributed by atoms with van der Waals surface area (Å²) in [6.07, 6.45) is 0.405. The van der Waals surface area contributed by atoms with E-state index in [1.807, 2.05) is 0 Å². The van der Waals surface area contributed by atoms with Gasteiger partial charge < -0.3 is 44.6 Å². The molecule has 0 radical (unpaired) electrons. The highest BCUT2D eigenvalue weighted by Gasteiger charge is 2.51. The van der Waals surface area contributed by atoms with Crippen LogP contribution in [0, 0.1) is 0 Å². The van der Waals surface area contributed by atoms with Gasteiger partial charge in [0.2, 0.25) is 5.34 Å². The minimum absolute atomic E-state index is 0.113. The number of aromatic nitrogens is 7. The summed E-state index contributed by atoms with van der Waals surface area (Å²) in [5, 5.41) is 49.8. The molecule has 3 aromatic heterocycles. The van der Waals surface area contributed by atoms with Crippen molar-refractivity contribution in [1.29, 1.82) is 0 Å². The molecule has 5 atom stereocenters. The van der Waals surface area contributed by atoms with E-state index in [9.17, 15) is 29.7 Å². The number of aliphatic hydroxyl groups excluding tert-OH is 3. The maximum absolute atomic E-state index is 12.3. The lowest BCUT2D eigenvalue weighted by Crippen LogP contribution is -2.45. The monoisotopic (exact) mass is 604 g/mol. The second-order valence-corrected chi connectivity index (χ2v) is 12.1. The number of nitrogens with one attached hydrogen (secondary N) is 2. The molecule has 0 spiro atoms. The van der Waals surface area contributed by atoms with Crippen LogP contribution in [0.5, 0.6) is 0 Å². The first kappa shape index (κ1) is 29.2. The summed E-state index contributed by atoms with van der Waals surface area (Å²) in [6, 6.07) is 1.92. The molecule has 1 saturated heterocycles. The SMILES string of the molecule is O=P(O)(O)C(CO)(COCc1nn[nH]n1)OC[C@H]1O[C@H](c2cnn3c(NC4CCCC4)cc(Cl)nc23)[C@H](O)[C@@H]1O. The molecule has 1 unspecified atom stereocenters. The molecular formula is C21H30ClN8O9P. The van der Waals surface area contributed by atoms with Crippen molar-refractivity contribution in [3.05, 3.63) is 28.8 Å². The molecule has 0 aromatic carbocycles. The Balaban J connectivity index is 1.31. The fourth-order valence-electron chi connectivity index (χ4n) is 4.85. The quantitative estimate of drug-likeness (QED) is 0.102. The zero-order valence-electron chi connectivity index (χ0n) is 21.1. The van der Waals surface area contributed by atoms with Crippen molar-refractivity contribution < 1.29 is 43.9 Å². The second-order valence-electron chi connectivity index (χ2n) is 9.78. The largest absolute Gasteiger partial charge is 0.393 e. The van der Waals surface area contributed by atoms with Crippen LogP contribution in [0.4, 0.5) is 5.82 Å². The van der Waals surface area contributed by atoms with Gasteiger partial charge in [-0.3, -0.25) is 4.57 Å². The first-order valence-corrected chi connectivity index (χ1v) is 14.5. The van der Waals surface area contributed by atoms with Crippen molar-refractivity contribution in [3.8, 4) is 0 Å². The van der Waals surface area contributed by atoms with Crippen LogP contribution < -0.4 is 5.32 Å². The Morgan fingerprint density at radius 2 is 2.05 bits per heavy atom. The van der Waals surface area contributed by atoms with Gasteiger partial charge in [0.25, 0.3) is 0 Å². The minimum Gasteiger partial charge on any atom is -0.393 e. The third-order valence-electron chi connectivity index (χ3n) is 7.09. The van der Waals surface area contributed by atoms with Crippen LogP contribution in [0.15, 0.2) is 12.3 Å². The summed E-state index contributed by atoms with van der Waals surface area (Å²) in [7, 11) is -5.13. The number of hydrogen-bond acceptors (Lipinski definition) is 13. The molecule has 5 rings (SSSR count). The Morgan fingerprint density at radius 1 is 1.27 bits per heavy atom. The van der Waals surface area contributed by atoms with Gasteiger partial charge >= 0.3 is 7.60 Å². The lowest BCUT2D eigenvalue weighted by Gasteiger charge is -2.33. The van der Waals surface area contributed by atoms with Gasteiger partial charge in [0, 0.05) is 17.7 Å². The molecular weight excluding hydrogens is 575 g/mol. The molecule has 1 saturated carbocycles. The van der Waals surface area contributed by atoms with Crippen LogP contribution in [0.3, 0.4) is 0 Å². The van der Waals surface area contributed by atoms with E-state index in [0.29, 0.717) is 17.0 Å². The summed E-state index contributed by atoms with van der Waals surface area (Å²) in [6.45, 7) is -2.74. The predicted octanol–water partition coefficient (Wildman–Crippen LogP) is -0.488. The zero-order valence-corrected chi connectivity index (χ0v) is 22.7. The highest BCUT2D eigenvalue weighted by Crippen LogP contribution is 2.51. The maximum atomic E-state index is 12.3. The smallest absolute Gasteiger partial charge is 0.361 e. The molecule has 7 N–H and O–H groups in total. The van der Waals surface area contributed by atoms with Gasteiger partial charge in [-0.05, 0) is 12.8 Å². The van der Waals surface area contributed by atoms with Crippen molar-refractivity contribution >= 4 is 30.7 Å². The molecule has 40 heavy (non-hydrogen) atoms. The van der Waals surface area contributed by atoms with E-state index in [1.54, 1.807) is 6.07 Å². The van der Waals surface area contributed by atoms with Crippen molar-refractivity contribution in [3.63, 3.8) is 0 Å². The van der Waals surface area contributed by atoms with Crippen LogP contribution in [-0.2, 0) is 25.4 Å². The topological polar surface area (TPSA) is 243 Å². The van der Waals surface area contributed by atoms with Crippen molar-refractivity contribution in [2.24, 2.45) is 0 Å². The first-order chi connectivity index (χ1) is 19.1. The third kappa shape index (κ3) is 5.85. The molecule has 17 nitrogen and oxygen atoms in total. The summed E-state index contributed by atoms with van der Waals surface area (Å²) < 4.78 is 30.5. The molecule has 1 aliphatic carbocycles. The van der Waals surface area contributed by atoms with E-state index in [2.05, 4.69) is 36.0 Å². The molecule has 1 aliphatic heterocycles. The number of rotatable bonds is 12. The normalized spacial score (nSPS) is 25.6. The lowest BCUT2D eigenvalue weighted by molar-refractivity contribution is -0.125. The number of hydrogen-bond donors (Lipinski definition) is 7. The predicted molar refractivity (Wildman–Crippen MR) is 135 cm³/mol. The van der Waals surface area contributed by atoms with Gasteiger partial charge in [-0.15, -0.1) is 10.2 Å². The number of ether oxygens (including phenoxy) is 3. The third-order valence-corrected chi connectivity index (χ3v) is 8.74. The molecule has 0 bridgehead atoms. The van der Waals surface area contributed by atoms with Crippen LogP contribution in [0.1, 0.15) is 43.2 Å². The number of fused-ring (bicyclic) bond motifs is 1. The zero-order chi connectivity index (χ0) is 28.5. The van der Waals surface area contributed by atoms with Gasteiger partial charge in [-0.1, -0.05) is 29.7 Å². The number of tetrazole rings is 1. The van der Waals surface area contributed by atoms with Crippen LogP contribution in [-0.4, -0.2) is 110 Å². The van der Waals surface area contributed by atoms with Gasteiger partial charge in [-0.25, -0.2) is 4.98 Å². The average Bonchev–Trinajstić information content (AvgIpc) is 3.71. The molecule has 19 heteroatoms. The van der Waals surface area contributed by atoms with E-state index in [1.165, 1.54) is 10.7 Å². The fourth-order valence-corrected chi connectivity index (χ4v) is 5.72. The van der Waals surface area contributed by atoms with Crippen molar-refractivity contribution in [2.45, 2.75) is 68.1 Å². The van der Waals surface area contributed by atoms with Gasteiger partial charge in [0.1, 0.15) is 42.0 Å². The number of nitrogens with zero attached hydrogens (tertiary/aromatic N) is 6. The van der Waals surface area contributed by atoms with Gasteiger partial charge in [0.05, 0.1) is 26.0 Å². The minimum atomic E-state index is -5.13. The average molecular weight is 605 g/mol. The molecule has 4 heterocycles. The van der Waals surface area contributed by atoms with E-state index in [4.69, 9.17) is 25.8 Å². The fraction of sp³-hybridized carbons (Fsp3) is 0.667. The highest BCUT2D eigenvalue weighted by atomic mass is 35.5. The summed E-state index contributed by atoms with van der Waals surface area (Å²) in [5.74, 6) is 0.734. The van der Waals surface area contributed by atoms with Gasteiger partial charge in [0.15, 0.2) is 11.5 Å². The van der Waals surface area contributed by atoms with Crippen molar-refractivity contribution in [1.82, 2.24) is 35.2 Å². The van der Waals surface area contributed by atoms with Crippen molar-refractivity contribution in [2.75, 3.05) is 25.1 Å². The van der Waals surface area contributed by atoms with E-state index in [0.717, 1.165) is 25.7 Å². The Morgan fingerprint density at radius 3 is 2.73 bits per heavy atom. The number of H-pyrrole nitrogens is 1. The second kappa shape index (κ2) is 11.9. The Kier molecular flexibility index (Phi) is 8.68. The first-order valence-electron chi connectivity index (χ1n) is 12.5. The van der Waals surface area contributed by atoms with Crippen LogP contribution >= 0.6 is 19.2 Å². The van der Waals surface area contributed by atoms with E-state index in [-0.39, 0.29) is 23.6 Å². The Hall–Kier alpha value is -2.31. The summed E-state index contributed by atoms with van der Waals surface area (Å²) >= 11 is 6.28. The Labute approximate surface area is 232 Å². The van der Waals surface area contributed by atoms with Crippen LogP contribution in [0.2, 0.25) is 5.15 Å². The summed E-state index contributed by atoms with van der Waals surface area (Å²) in [4.78, 5) is 24.3. The van der Waals surface area contributed by atoms with E-state index < -0.39 is 57.2 Å². The molecule has 220 valence electrons. The molecule has 0 amide bonds. The Bertz CT molecular complexity index is 1340.